The molecule has 1 N–H and O–H groups in total. The van der Waals surface area contributed by atoms with Gasteiger partial charge in [-0.15, -0.1) is 0 Å². The molecule has 7 nitrogen and oxygen atoms in total. The molecule has 0 spiro atoms. The molecule has 2 aliphatic rings. The van der Waals surface area contributed by atoms with Crippen molar-refractivity contribution in [3.8, 4) is 11.4 Å². The van der Waals surface area contributed by atoms with Crippen LogP contribution in [0, 0.1) is 12.3 Å². The number of fused-ring (bicyclic) bond motifs is 1. The summed E-state index contributed by atoms with van der Waals surface area (Å²) in [6, 6.07) is 8.27. The van der Waals surface area contributed by atoms with E-state index in [0.717, 1.165) is 37.9 Å². The molecule has 3 heterocycles. The zero-order valence-electron chi connectivity index (χ0n) is 18.0. The first-order valence-electron chi connectivity index (χ1n) is 11.0. The summed E-state index contributed by atoms with van der Waals surface area (Å²) in [7, 11) is 2.11. The maximum Gasteiger partial charge on any atom is 0.226 e. The number of hydrogen-bond acceptors (Lipinski definition) is 6. The molecule has 1 amide bonds. The average Bonchev–Trinajstić information content (AvgIpc) is 3.23. The van der Waals surface area contributed by atoms with Crippen LogP contribution in [0.4, 0.5) is 0 Å². The number of likely N-dealkylation sites (tertiary alicyclic amines) is 2. The molecule has 30 heavy (non-hydrogen) atoms. The lowest BCUT2D eigenvalue weighted by Crippen LogP contribution is -2.62. The Bertz CT molecular complexity index is 866. The van der Waals surface area contributed by atoms with Gasteiger partial charge in [0.25, 0.3) is 0 Å². The van der Waals surface area contributed by atoms with Gasteiger partial charge in [-0.1, -0.05) is 35.0 Å². The van der Waals surface area contributed by atoms with Gasteiger partial charge in [0.15, 0.2) is 0 Å². The lowest BCUT2D eigenvalue weighted by molar-refractivity contribution is -0.139. The molecule has 2 aromatic rings. The van der Waals surface area contributed by atoms with Gasteiger partial charge >= 0.3 is 0 Å². The average molecular weight is 413 g/mol. The van der Waals surface area contributed by atoms with E-state index < -0.39 is 0 Å². The van der Waals surface area contributed by atoms with Crippen molar-refractivity contribution in [1.82, 2.24) is 19.9 Å². The number of carbonyl (C=O) groups excluding carboxylic acids is 1. The van der Waals surface area contributed by atoms with Crippen LogP contribution >= 0.6 is 0 Å². The summed E-state index contributed by atoms with van der Waals surface area (Å²) in [5.74, 6) is 1.34. The van der Waals surface area contributed by atoms with Crippen LogP contribution < -0.4 is 0 Å². The Balaban J connectivity index is 1.29. The first kappa shape index (κ1) is 21.0. The van der Waals surface area contributed by atoms with Crippen molar-refractivity contribution in [1.29, 1.82) is 0 Å². The number of aromatic nitrogens is 2. The molecule has 1 aromatic carbocycles. The molecule has 2 atom stereocenters. The Kier molecular flexibility index (Phi) is 6.20. The van der Waals surface area contributed by atoms with Crippen molar-refractivity contribution in [2.24, 2.45) is 5.41 Å². The topological polar surface area (TPSA) is 82.7 Å². The van der Waals surface area contributed by atoms with Crippen molar-refractivity contribution >= 4 is 5.91 Å². The molecule has 162 valence electrons. The van der Waals surface area contributed by atoms with Gasteiger partial charge in [-0.05, 0) is 46.2 Å². The molecule has 2 saturated heterocycles. The molecule has 0 saturated carbocycles. The van der Waals surface area contributed by atoms with E-state index in [-0.39, 0.29) is 24.0 Å². The van der Waals surface area contributed by atoms with E-state index in [2.05, 4.69) is 22.1 Å². The Morgan fingerprint density at radius 1 is 1.27 bits per heavy atom. The lowest BCUT2D eigenvalue weighted by Gasteiger charge is -2.53. The number of likely N-dealkylation sites (N-methyl/N-ethyl adjacent to an activating group) is 1. The second-order valence-corrected chi connectivity index (χ2v) is 8.94. The molecule has 0 bridgehead atoms. The van der Waals surface area contributed by atoms with E-state index >= 15 is 0 Å². The maximum atomic E-state index is 12.8. The summed E-state index contributed by atoms with van der Waals surface area (Å²) < 4.78 is 5.37. The minimum absolute atomic E-state index is 0.0417. The SMILES string of the molecule is Cc1ccc(-c2noc(CCCC(=O)N3CC[C@@]4(CO)CCCN(C)[C@@H]4C3)n2)cc1. The van der Waals surface area contributed by atoms with E-state index in [1.165, 1.54) is 5.56 Å². The molecule has 7 heteroatoms. The minimum atomic E-state index is -0.0417. The number of rotatable bonds is 6. The predicted molar refractivity (Wildman–Crippen MR) is 114 cm³/mol. The van der Waals surface area contributed by atoms with Crippen LogP contribution in [0.2, 0.25) is 0 Å². The third-order valence-electron chi connectivity index (χ3n) is 6.92. The van der Waals surface area contributed by atoms with Gasteiger partial charge in [0, 0.05) is 43.0 Å². The summed E-state index contributed by atoms with van der Waals surface area (Å²) in [6.07, 6.45) is 4.83. The van der Waals surface area contributed by atoms with Gasteiger partial charge in [0.1, 0.15) is 0 Å². The number of aliphatic hydroxyl groups is 1. The molecule has 4 rings (SSSR count). The fourth-order valence-electron chi connectivity index (χ4n) is 4.97. The molecule has 0 aliphatic carbocycles. The number of carbonyl (C=O) groups is 1. The fourth-order valence-corrected chi connectivity index (χ4v) is 4.97. The van der Waals surface area contributed by atoms with E-state index in [1.807, 2.05) is 36.1 Å². The highest BCUT2D eigenvalue weighted by Crippen LogP contribution is 2.41. The Morgan fingerprint density at radius 2 is 2.07 bits per heavy atom. The second kappa shape index (κ2) is 8.86. The highest BCUT2D eigenvalue weighted by Gasteiger charge is 2.47. The van der Waals surface area contributed by atoms with Crippen molar-refractivity contribution in [2.45, 2.75) is 51.5 Å². The first-order valence-corrected chi connectivity index (χ1v) is 11.0. The first-order chi connectivity index (χ1) is 14.5. The quantitative estimate of drug-likeness (QED) is 0.786. The van der Waals surface area contributed by atoms with Gasteiger partial charge in [-0.3, -0.25) is 4.79 Å². The third-order valence-corrected chi connectivity index (χ3v) is 6.92. The van der Waals surface area contributed by atoms with Crippen LogP contribution in [0.15, 0.2) is 28.8 Å². The number of benzene rings is 1. The largest absolute Gasteiger partial charge is 0.396 e. The van der Waals surface area contributed by atoms with Crippen LogP contribution in [-0.4, -0.2) is 70.3 Å². The standard InChI is InChI=1S/C23H32N4O3/c1-17-7-9-18(10-8-17)22-24-20(30-25-22)5-3-6-21(29)27-14-12-23(16-28)11-4-13-26(2)19(23)15-27/h7-10,19,28H,3-6,11-16H2,1-2H3/t19-,23-/m1/s1. The highest BCUT2D eigenvalue weighted by molar-refractivity contribution is 5.76. The number of aliphatic hydroxyl groups excluding tert-OH is 1. The second-order valence-electron chi connectivity index (χ2n) is 8.94. The summed E-state index contributed by atoms with van der Waals surface area (Å²) in [4.78, 5) is 21.6. The van der Waals surface area contributed by atoms with E-state index in [0.29, 0.717) is 37.5 Å². The van der Waals surface area contributed by atoms with Gasteiger partial charge in [0.05, 0.1) is 6.61 Å². The van der Waals surface area contributed by atoms with Crippen LogP contribution in [-0.2, 0) is 11.2 Å². The van der Waals surface area contributed by atoms with Crippen molar-refractivity contribution in [3.05, 3.63) is 35.7 Å². The van der Waals surface area contributed by atoms with Crippen LogP contribution in [0.1, 0.15) is 43.6 Å². The summed E-state index contributed by atoms with van der Waals surface area (Å²) in [6.45, 7) is 4.75. The molecule has 2 fully saturated rings. The van der Waals surface area contributed by atoms with E-state index in [9.17, 15) is 9.90 Å². The van der Waals surface area contributed by atoms with Crippen LogP contribution in [0.25, 0.3) is 11.4 Å². The zero-order valence-corrected chi connectivity index (χ0v) is 18.0. The molecular formula is C23H32N4O3. The normalized spacial score (nSPS) is 24.6. The summed E-state index contributed by atoms with van der Waals surface area (Å²) >= 11 is 0. The van der Waals surface area contributed by atoms with Crippen molar-refractivity contribution in [2.75, 3.05) is 33.3 Å². The predicted octanol–water partition coefficient (Wildman–Crippen LogP) is 2.67. The van der Waals surface area contributed by atoms with E-state index in [1.54, 1.807) is 0 Å². The minimum Gasteiger partial charge on any atom is -0.396 e. The number of hydrogen-bond donors (Lipinski definition) is 1. The van der Waals surface area contributed by atoms with Crippen molar-refractivity contribution < 1.29 is 14.4 Å². The molecule has 2 aliphatic heterocycles. The molecule has 0 unspecified atom stereocenters. The third kappa shape index (κ3) is 4.27. The maximum absolute atomic E-state index is 12.8. The van der Waals surface area contributed by atoms with Crippen molar-refractivity contribution in [3.63, 3.8) is 0 Å². The summed E-state index contributed by atoms with van der Waals surface area (Å²) in [5.41, 5.74) is 2.08. The van der Waals surface area contributed by atoms with Gasteiger partial charge in [-0.2, -0.15) is 4.98 Å². The smallest absolute Gasteiger partial charge is 0.226 e. The summed E-state index contributed by atoms with van der Waals surface area (Å²) in [5, 5.41) is 14.1. The number of aryl methyl sites for hydroxylation is 2. The van der Waals surface area contributed by atoms with Gasteiger partial charge < -0.3 is 19.4 Å². The number of nitrogens with zero attached hydrogens (tertiary/aromatic N) is 4. The number of piperidine rings is 2. The van der Waals surface area contributed by atoms with Crippen LogP contribution in [0.3, 0.4) is 0 Å². The molecule has 1 aromatic heterocycles. The fraction of sp³-hybridized carbons (Fsp3) is 0.609. The van der Waals surface area contributed by atoms with Crippen LogP contribution in [0.5, 0.6) is 0 Å². The Labute approximate surface area is 178 Å². The Hall–Kier alpha value is -2.25. The van der Waals surface area contributed by atoms with E-state index in [4.69, 9.17) is 4.52 Å². The monoisotopic (exact) mass is 412 g/mol. The zero-order chi connectivity index (χ0) is 21.1. The van der Waals surface area contributed by atoms with Gasteiger partial charge in [0.2, 0.25) is 17.6 Å². The Morgan fingerprint density at radius 3 is 2.83 bits per heavy atom. The van der Waals surface area contributed by atoms with Gasteiger partial charge in [-0.25, -0.2) is 0 Å². The number of amides is 1. The lowest BCUT2D eigenvalue weighted by atomic mass is 9.69. The molecular weight excluding hydrogens is 380 g/mol. The highest BCUT2D eigenvalue weighted by atomic mass is 16.5. The molecule has 0 radical (unpaired) electrons.